The predicted molar refractivity (Wildman–Crippen MR) is 80.1 cm³/mol. The van der Waals surface area contributed by atoms with Crippen LogP contribution in [0.25, 0.3) is 0 Å². The first kappa shape index (κ1) is 17.1. The molecule has 4 nitrogen and oxygen atoms in total. The molecule has 0 amide bonds. The minimum Gasteiger partial charge on any atom is -0.382 e. The summed E-state index contributed by atoms with van der Waals surface area (Å²) >= 11 is 5.21. The standard InChI is InChI=1S/C13H21BrO4S/c1-15-5-6-17-9-10-18-8-7-16-4-2-12-3-11-19-13(12)14/h3,11H,2,4-10H2,1H3. The highest BCUT2D eigenvalue weighted by Crippen LogP contribution is 2.23. The average Bonchev–Trinajstić information content (AvgIpc) is 2.82. The van der Waals surface area contributed by atoms with E-state index in [1.807, 2.05) is 0 Å². The molecule has 110 valence electrons. The Labute approximate surface area is 127 Å². The van der Waals surface area contributed by atoms with Gasteiger partial charge in [0, 0.05) is 7.11 Å². The van der Waals surface area contributed by atoms with E-state index in [2.05, 4.69) is 27.4 Å². The number of methoxy groups -OCH3 is 1. The van der Waals surface area contributed by atoms with Crippen molar-refractivity contribution in [1.29, 1.82) is 0 Å². The summed E-state index contributed by atoms with van der Waals surface area (Å²) in [5.74, 6) is 0. The lowest BCUT2D eigenvalue weighted by molar-refractivity contribution is 0.00406. The van der Waals surface area contributed by atoms with Crippen LogP contribution in [0.2, 0.25) is 0 Å². The molecule has 0 aromatic carbocycles. The van der Waals surface area contributed by atoms with E-state index in [0.717, 1.165) is 13.0 Å². The van der Waals surface area contributed by atoms with Gasteiger partial charge < -0.3 is 18.9 Å². The third kappa shape index (κ3) is 8.73. The zero-order valence-electron chi connectivity index (χ0n) is 11.2. The molecule has 1 heterocycles. The average molecular weight is 353 g/mol. The van der Waals surface area contributed by atoms with Crippen molar-refractivity contribution < 1.29 is 18.9 Å². The van der Waals surface area contributed by atoms with Gasteiger partial charge in [-0.1, -0.05) is 0 Å². The van der Waals surface area contributed by atoms with E-state index in [0.29, 0.717) is 39.6 Å². The topological polar surface area (TPSA) is 36.9 Å². The quantitative estimate of drug-likeness (QED) is 0.542. The molecule has 1 aromatic rings. The van der Waals surface area contributed by atoms with Gasteiger partial charge in [0.25, 0.3) is 0 Å². The van der Waals surface area contributed by atoms with Crippen LogP contribution in [0, 0.1) is 0 Å². The summed E-state index contributed by atoms with van der Waals surface area (Å²) < 4.78 is 22.2. The van der Waals surface area contributed by atoms with Crippen LogP contribution >= 0.6 is 27.3 Å². The molecular formula is C13H21BrO4S. The van der Waals surface area contributed by atoms with E-state index in [1.54, 1.807) is 18.4 Å². The number of rotatable bonds is 12. The van der Waals surface area contributed by atoms with Gasteiger partial charge in [-0.3, -0.25) is 0 Å². The largest absolute Gasteiger partial charge is 0.382 e. The number of hydrogen-bond acceptors (Lipinski definition) is 5. The number of halogens is 1. The summed E-state index contributed by atoms with van der Waals surface area (Å²) in [6, 6.07) is 2.12. The van der Waals surface area contributed by atoms with Crippen LogP contribution in [0.1, 0.15) is 5.56 Å². The summed E-state index contributed by atoms with van der Waals surface area (Å²) in [4.78, 5) is 0. The molecule has 0 fully saturated rings. The molecule has 0 spiro atoms. The molecule has 1 aromatic heterocycles. The van der Waals surface area contributed by atoms with Crippen molar-refractivity contribution in [2.45, 2.75) is 6.42 Å². The van der Waals surface area contributed by atoms with Gasteiger partial charge in [0.1, 0.15) is 0 Å². The zero-order chi connectivity index (χ0) is 13.8. The fourth-order valence-electron chi connectivity index (χ4n) is 1.36. The maximum atomic E-state index is 5.51. The molecule has 0 saturated carbocycles. The van der Waals surface area contributed by atoms with Crippen LogP contribution < -0.4 is 0 Å². The molecular weight excluding hydrogens is 332 g/mol. The second-order valence-electron chi connectivity index (χ2n) is 3.80. The molecule has 0 unspecified atom stereocenters. The van der Waals surface area contributed by atoms with Crippen molar-refractivity contribution >= 4 is 27.3 Å². The van der Waals surface area contributed by atoms with Gasteiger partial charge in [-0.05, 0) is 39.4 Å². The SMILES string of the molecule is COCCOCCOCCOCCc1ccsc1Br. The molecule has 0 saturated heterocycles. The van der Waals surface area contributed by atoms with Gasteiger partial charge in [0.2, 0.25) is 0 Å². The van der Waals surface area contributed by atoms with E-state index in [-0.39, 0.29) is 0 Å². The highest BCUT2D eigenvalue weighted by Gasteiger charge is 2.00. The zero-order valence-corrected chi connectivity index (χ0v) is 13.6. The number of ether oxygens (including phenoxy) is 4. The Morgan fingerprint density at radius 1 is 0.947 bits per heavy atom. The van der Waals surface area contributed by atoms with Gasteiger partial charge in [-0.15, -0.1) is 11.3 Å². The van der Waals surface area contributed by atoms with Crippen LogP contribution in [-0.4, -0.2) is 53.4 Å². The van der Waals surface area contributed by atoms with E-state index < -0.39 is 0 Å². The maximum absolute atomic E-state index is 5.51. The smallest absolute Gasteiger partial charge is 0.0731 e. The van der Waals surface area contributed by atoms with Crippen LogP contribution in [-0.2, 0) is 25.4 Å². The van der Waals surface area contributed by atoms with Gasteiger partial charge in [-0.2, -0.15) is 0 Å². The summed E-state index contributed by atoms with van der Waals surface area (Å²) in [5.41, 5.74) is 1.30. The van der Waals surface area contributed by atoms with Crippen LogP contribution in [0.5, 0.6) is 0 Å². The highest BCUT2D eigenvalue weighted by atomic mass is 79.9. The van der Waals surface area contributed by atoms with Gasteiger partial charge >= 0.3 is 0 Å². The molecule has 0 aliphatic carbocycles. The lowest BCUT2D eigenvalue weighted by Gasteiger charge is -2.06. The maximum Gasteiger partial charge on any atom is 0.0731 e. The van der Waals surface area contributed by atoms with Gasteiger partial charge in [0.05, 0.1) is 50.0 Å². The third-order valence-electron chi connectivity index (χ3n) is 2.38. The Morgan fingerprint density at radius 2 is 1.53 bits per heavy atom. The third-order valence-corrected chi connectivity index (χ3v) is 4.20. The van der Waals surface area contributed by atoms with Crippen molar-refractivity contribution in [3.05, 3.63) is 20.8 Å². The van der Waals surface area contributed by atoms with Crippen molar-refractivity contribution in [1.82, 2.24) is 0 Å². The lowest BCUT2D eigenvalue weighted by Crippen LogP contribution is -2.12. The van der Waals surface area contributed by atoms with Crippen LogP contribution in [0.4, 0.5) is 0 Å². The molecule has 0 N–H and O–H groups in total. The summed E-state index contributed by atoms with van der Waals surface area (Å²) in [6.45, 7) is 4.41. The molecule has 0 bridgehead atoms. The second-order valence-corrected chi connectivity index (χ2v) is 6.03. The Bertz CT molecular complexity index is 319. The Hall–Kier alpha value is 0.0200. The number of hydrogen-bond donors (Lipinski definition) is 0. The van der Waals surface area contributed by atoms with Crippen molar-refractivity contribution in [3.63, 3.8) is 0 Å². The first-order valence-corrected chi connectivity index (χ1v) is 7.96. The fourth-order valence-corrected chi connectivity index (χ4v) is 2.69. The first-order valence-electron chi connectivity index (χ1n) is 6.28. The lowest BCUT2D eigenvalue weighted by atomic mass is 10.3. The number of thiophene rings is 1. The molecule has 0 aliphatic heterocycles. The Morgan fingerprint density at radius 3 is 2.05 bits per heavy atom. The first-order chi connectivity index (χ1) is 9.34. The normalized spacial score (nSPS) is 11.1. The van der Waals surface area contributed by atoms with Crippen LogP contribution in [0.3, 0.4) is 0 Å². The van der Waals surface area contributed by atoms with Gasteiger partial charge in [-0.25, -0.2) is 0 Å². The van der Waals surface area contributed by atoms with Gasteiger partial charge in [0.15, 0.2) is 0 Å². The molecule has 1 rings (SSSR count). The van der Waals surface area contributed by atoms with Crippen molar-refractivity contribution in [3.8, 4) is 0 Å². The molecule has 19 heavy (non-hydrogen) atoms. The molecule has 0 radical (unpaired) electrons. The Kier molecular flexibility index (Phi) is 10.6. The summed E-state index contributed by atoms with van der Waals surface area (Å²) in [7, 11) is 1.66. The summed E-state index contributed by atoms with van der Waals surface area (Å²) in [6.07, 6.45) is 0.935. The fraction of sp³-hybridized carbons (Fsp3) is 0.692. The summed E-state index contributed by atoms with van der Waals surface area (Å²) in [5, 5.41) is 2.08. The van der Waals surface area contributed by atoms with Crippen LogP contribution in [0.15, 0.2) is 15.2 Å². The van der Waals surface area contributed by atoms with Crippen molar-refractivity contribution in [2.24, 2.45) is 0 Å². The monoisotopic (exact) mass is 352 g/mol. The second kappa shape index (κ2) is 11.8. The van der Waals surface area contributed by atoms with Crippen molar-refractivity contribution in [2.75, 3.05) is 53.4 Å². The van der Waals surface area contributed by atoms with E-state index in [1.165, 1.54) is 9.35 Å². The molecule has 6 heteroatoms. The molecule has 0 aliphatic rings. The minimum absolute atomic E-state index is 0.600. The predicted octanol–water partition coefficient (Wildman–Crippen LogP) is 2.75. The molecule has 0 atom stereocenters. The highest BCUT2D eigenvalue weighted by molar-refractivity contribution is 9.11. The minimum atomic E-state index is 0.600. The Balaban J connectivity index is 1.80. The van der Waals surface area contributed by atoms with E-state index in [4.69, 9.17) is 18.9 Å². The van der Waals surface area contributed by atoms with E-state index >= 15 is 0 Å². The van der Waals surface area contributed by atoms with E-state index in [9.17, 15) is 0 Å².